The monoisotopic (exact) mass is 613 g/mol. The van der Waals surface area contributed by atoms with Crippen LogP contribution in [0.2, 0.25) is 5.02 Å². The van der Waals surface area contributed by atoms with Crippen molar-refractivity contribution < 1.29 is 32.3 Å². The first-order valence-electron chi connectivity index (χ1n) is 13.1. The molecule has 0 saturated heterocycles. The lowest BCUT2D eigenvalue weighted by atomic mass is 10.1. The summed E-state index contributed by atoms with van der Waals surface area (Å²) in [5.74, 6) is -2.09. The number of benzene rings is 3. The molecule has 222 valence electrons. The number of sulfonamides is 1. The van der Waals surface area contributed by atoms with E-state index in [4.69, 9.17) is 21.1 Å². The summed E-state index contributed by atoms with van der Waals surface area (Å²) in [4.78, 5) is 38.0. The minimum atomic E-state index is -4.37. The normalized spacial score (nSPS) is 14.7. The van der Waals surface area contributed by atoms with Gasteiger partial charge in [-0.3, -0.25) is 15.2 Å². The zero-order valence-electron chi connectivity index (χ0n) is 23.9. The van der Waals surface area contributed by atoms with Crippen molar-refractivity contribution in [2.45, 2.75) is 57.2 Å². The van der Waals surface area contributed by atoms with Gasteiger partial charge >= 0.3 is 11.9 Å². The maximum absolute atomic E-state index is 13.5. The molecule has 0 spiro atoms. The van der Waals surface area contributed by atoms with Gasteiger partial charge in [-0.15, -0.1) is 0 Å². The Morgan fingerprint density at radius 1 is 1.00 bits per heavy atom. The van der Waals surface area contributed by atoms with Crippen molar-refractivity contribution >= 4 is 45.2 Å². The van der Waals surface area contributed by atoms with Crippen LogP contribution in [0, 0.1) is 0 Å². The first-order chi connectivity index (χ1) is 19.7. The number of anilines is 1. The third-order valence-electron chi connectivity index (χ3n) is 6.45. The van der Waals surface area contributed by atoms with Crippen LogP contribution in [0.1, 0.15) is 69.9 Å². The lowest BCUT2D eigenvalue weighted by Crippen LogP contribution is -2.45. The third-order valence-corrected chi connectivity index (χ3v) is 8.40. The molecule has 0 fully saturated rings. The Morgan fingerprint density at radius 3 is 2.40 bits per heavy atom. The summed E-state index contributed by atoms with van der Waals surface area (Å²) in [6.07, 6.45) is 0.709. The summed E-state index contributed by atoms with van der Waals surface area (Å²) >= 11 is 6.50. The van der Waals surface area contributed by atoms with Crippen LogP contribution in [0.4, 0.5) is 5.69 Å². The van der Waals surface area contributed by atoms with Crippen molar-refractivity contribution in [1.29, 1.82) is 0 Å². The van der Waals surface area contributed by atoms with Crippen molar-refractivity contribution in [2.75, 3.05) is 12.1 Å². The molecule has 12 heteroatoms. The number of rotatable bonds is 8. The van der Waals surface area contributed by atoms with Crippen LogP contribution in [-0.2, 0) is 32.5 Å². The quantitative estimate of drug-likeness (QED) is 0.351. The number of fused-ring (bicyclic) bond motifs is 1. The second-order valence-corrected chi connectivity index (χ2v) is 13.0. The van der Waals surface area contributed by atoms with E-state index >= 15 is 0 Å². The van der Waals surface area contributed by atoms with Crippen LogP contribution in [0.5, 0.6) is 0 Å². The Morgan fingerprint density at radius 2 is 1.71 bits per heavy atom. The molecule has 3 aromatic rings. The maximum Gasteiger partial charge on any atom is 0.340 e. The second kappa shape index (κ2) is 12.1. The molecule has 1 unspecified atom stereocenters. The van der Waals surface area contributed by atoms with Crippen LogP contribution >= 0.6 is 11.6 Å². The van der Waals surface area contributed by atoms with Gasteiger partial charge in [-0.1, -0.05) is 41.9 Å². The minimum Gasteiger partial charge on any atom is -0.465 e. The fourth-order valence-corrected chi connectivity index (χ4v) is 6.13. The molecule has 42 heavy (non-hydrogen) atoms. The summed E-state index contributed by atoms with van der Waals surface area (Å²) in [7, 11) is -3.13. The van der Waals surface area contributed by atoms with Gasteiger partial charge in [0.25, 0.3) is 5.91 Å². The molecule has 0 radical (unpaired) electrons. The summed E-state index contributed by atoms with van der Waals surface area (Å²) in [6.45, 7) is 6.71. The predicted octanol–water partition coefficient (Wildman–Crippen LogP) is 4.66. The highest BCUT2D eigenvalue weighted by Crippen LogP contribution is 2.32. The van der Waals surface area contributed by atoms with Crippen LogP contribution in [-0.4, -0.2) is 45.0 Å². The largest absolute Gasteiger partial charge is 0.465 e. The topological polar surface area (TPSA) is 131 Å². The number of halogens is 1. The Hall–Kier alpha value is -3.93. The molecule has 10 nitrogen and oxygen atoms in total. The van der Waals surface area contributed by atoms with Crippen LogP contribution in [0.3, 0.4) is 0 Å². The van der Waals surface area contributed by atoms with Crippen molar-refractivity contribution in [3.05, 3.63) is 93.5 Å². The molecule has 4 rings (SSSR count). The number of ether oxygens (including phenoxy) is 2. The Balaban J connectivity index is 1.69. The van der Waals surface area contributed by atoms with E-state index < -0.39 is 43.4 Å². The smallest absolute Gasteiger partial charge is 0.340 e. The predicted molar refractivity (Wildman–Crippen MR) is 158 cm³/mol. The molecule has 0 aromatic heterocycles. The summed E-state index contributed by atoms with van der Waals surface area (Å²) < 4.78 is 39.6. The number of hydrogen-bond donors (Lipinski definition) is 2. The average molecular weight is 614 g/mol. The molecule has 3 aromatic carbocycles. The molecule has 1 amide bonds. The van der Waals surface area contributed by atoms with Gasteiger partial charge in [-0.25, -0.2) is 22.7 Å². The van der Waals surface area contributed by atoms with Gasteiger partial charge in [0.2, 0.25) is 10.0 Å². The summed E-state index contributed by atoms with van der Waals surface area (Å²) in [5, 5.41) is 1.32. The molecule has 0 bridgehead atoms. The van der Waals surface area contributed by atoms with Gasteiger partial charge in [0, 0.05) is 12.1 Å². The lowest BCUT2D eigenvalue weighted by molar-refractivity contribution is 0.00692. The van der Waals surface area contributed by atoms with E-state index in [-0.39, 0.29) is 29.3 Å². The van der Waals surface area contributed by atoms with Gasteiger partial charge in [0.05, 0.1) is 35.0 Å². The van der Waals surface area contributed by atoms with E-state index in [2.05, 4.69) is 10.1 Å². The number of carbonyl (C=O) groups is 3. The van der Waals surface area contributed by atoms with Crippen molar-refractivity contribution in [1.82, 2.24) is 10.1 Å². The average Bonchev–Trinajstić information content (AvgIpc) is 3.25. The first-order valence-corrected chi connectivity index (χ1v) is 15.0. The maximum atomic E-state index is 13.5. The highest BCUT2D eigenvalue weighted by molar-refractivity contribution is 7.89. The van der Waals surface area contributed by atoms with E-state index in [0.717, 1.165) is 17.3 Å². The number of amides is 1. The molecule has 1 aliphatic rings. The SMILES string of the molecule is COC(=O)c1cccc(CNS(=O)(=O)c2cc(C(=O)NN3c4ccccc4CC3C)cc(C(=O)OC(C)(C)C)c2Cl)c1. The van der Waals surface area contributed by atoms with Crippen LogP contribution < -0.4 is 15.2 Å². The molecule has 0 aliphatic carbocycles. The number of para-hydroxylation sites is 1. The number of methoxy groups -OCH3 is 1. The van der Waals surface area contributed by atoms with Crippen LogP contribution in [0.15, 0.2) is 65.6 Å². The molecular weight excluding hydrogens is 582 g/mol. The third kappa shape index (κ3) is 6.92. The molecular formula is C30H32ClN3O7S. The zero-order chi connectivity index (χ0) is 30.8. The highest BCUT2D eigenvalue weighted by Gasteiger charge is 2.31. The van der Waals surface area contributed by atoms with Crippen molar-refractivity contribution in [2.24, 2.45) is 0 Å². The number of carbonyl (C=O) groups excluding carboxylic acids is 3. The van der Waals surface area contributed by atoms with E-state index in [9.17, 15) is 22.8 Å². The number of nitrogens with zero attached hydrogens (tertiary/aromatic N) is 1. The molecule has 1 atom stereocenters. The van der Waals surface area contributed by atoms with Gasteiger partial charge in [0.15, 0.2) is 0 Å². The Labute approximate surface area is 250 Å². The number of hydrogen-bond acceptors (Lipinski definition) is 8. The van der Waals surface area contributed by atoms with E-state index in [1.54, 1.807) is 37.9 Å². The van der Waals surface area contributed by atoms with Gasteiger partial charge in [-0.2, -0.15) is 0 Å². The van der Waals surface area contributed by atoms with Gasteiger partial charge in [0.1, 0.15) is 10.5 Å². The number of esters is 2. The van der Waals surface area contributed by atoms with E-state index in [1.807, 2.05) is 31.2 Å². The molecule has 2 N–H and O–H groups in total. The summed E-state index contributed by atoms with van der Waals surface area (Å²) in [5.41, 5.74) is 4.14. The van der Waals surface area contributed by atoms with E-state index in [0.29, 0.717) is 12.0 Å². The zero-order valence-corrected chi connectivity index (χ0v) is 25.4. The Bertz CT molecular complexity index is 1650. The molecule has 1 aliphatic heterocycles. The van der Waals surface area contributed by atoms with Gasteiger partial charge < -0.3 is 9.47 Å². The van der Waals surface area contributed by atoms with Crippen molar-refractivity contribution in [3.63, 3.8) is 0 Å². The highest BCUT2D eigenvalue weighted by atomic mass is 35.5. The first kappa shape index (κ1) is 31.0. The fraction of sp³-hybridized carbons (Fsp3) is 0.300. The standard InChI is InChI=1S/C30H32ClN3O7S/c1-18-13-20-10-6-7-12-24(20)34(18)33-27(35)22-15-23(29(37)41-30(2,3)4)26(31)25(16-22)42(38,39)32-17-19-9-8-11-21(14-19)28(36)40-5/h6-12,14-16,18,32H,13,17H2,1-5H3,(H,33,35). The van der Waals surface area contributed by atoms with E-state index in [1.165, 1.54) is 25.3 Å². The number of nitrogens with one attached hydrogen (secondary N) is 2. The van der Waals surface area contributed by atoms with Crippen molar-refractivity contribution in [3.8, 4) is 0 Å². The summed E-state index contributed by atoms with van der Waals surface area (Å²) in [6, 6.07) is 16.1. The molecule has 1 heterocycles. The fourth-order valence-electron chi connectivity index (χ4n) is 4.50. The molecule has 0 saturated carbocycles. The minimum absolute atomic E-state index is 0.0606. The number of hydrazine groups is 1. The Kier molecular flexibility index (Phi) is 8.95. The van der Waals surface area contributed by atoms with Gasteiger partial charge in [-0.05, 0) is 75.6 Å². The lowest BCUT2D eigenvalue weighted by Gasteiger charge is -2.26. The second-order valence-electron chi connectivity index (χ2n) is 10.8. The van der Waals surface area contributed by atoms with Crippen LogP contribution in [0.25, 0.3) is 0 Å².